The number of hydrogen-bond donors (Lipinski definition) is 0. The number of aromatic nitrogens is 2. The van der Waals surface area contributed by atoms with Crippen molar-refractivity contribution in [2.24, 2.45) is 0 Å². The van der Waals surface area contributed by atoms with E-state index in [2.05, 4.69) is 156 Å². The average molecular weight is 887 g/mol. The van der Waals surface area contributed by atoms with Gasteiger partial charge < -0.3 is 9.97 Å². The van der Waals surface area contributed by atoms with Crippen LogP contribution in [-0.4, -0.2) is 18.0 Å². The second kappa shape index (κ2) is 16.0. The third-order valence-electron chi connectivity index (χ3n) is 9.51. The Morgan fingerprint density at radius 3 is 1.96 bits per heavy atom. The van der Waals surface area contributed by atoms with Crippen LogP contribution in [-0.2, 0) is 26.5 Å². The Hall–Kier alpha value is -4.51. The van der Waals surface area contributed by atoms with Gasteiger partial charge in [-0.3, -0.25) is 0 Å². The fraction of sp³-hybridized carbons (Fsp3) is 0.149. The van der Waals surface area contributed by atoms with E-state index >= 15 is 0 Å². The smallest absolute Gasteiger partial charge is 0.0799 e. The van der Waals surface area contributed by atoms with Crippen molar-refractivity contribution in [2.75, 3.05) is 0 Å². The van der Waals surface area contributed by atoms with E-state index in [1.165, 1.54) is 64.3 Å². The molecule has 8 rings (SSSR count). The summed E-state index contributed by atoms with van der Waals surface area (Å²) in [6.45, 7) is 13.7. The molecule has 3 aromatic heterocycles. The summed E-state index contributed by atoms with van der Waals surface area (Å²) < 4.78 is 2.62. The van der Waals surface area contributed by atoms with Crippen molar-refractivity contribution in [1.29, 1.82) is 0 Å². The van der Waals surface area contributed by atoms with E-state index in [0.29, 0.717) is 0 Å². The van der Waals surface area contributed by atoms with Gasteiger partial charge in [-0.2, -0.15) is 11.3 Å². The first-order valence-electron chi connectivity index (χ1n) is 17.5. The molecule has 0 unspecified atom stereocenters. The third kappa shape index (κ3) is 8.25. The van der Waals surface area contributed by atoms with Crippen LogP contribution in [0.4, 0.5) is 0 Å². The van der Waals surface area contributed by atoms with Crippen LogP contribution in [0.15, 0.2) is 134 Å². The molecule has 0 aliphatic carbocycles. The van der Waals surface area contributed by atoms with Gasteiger partial charge in [0.25, 0.3) is 0 Å². The van der Waals surface area contributed by atoms with Crippen LogP contribution in [0.2, 0.25) is 19.6 Å². The van der Waals surface area contributed by atoms with E-state index in [-0.39, 0.29) is 20.1 Å². The van der Waals surface area contributed by atoms with Gasteiger partial charge in [-0.05, 0) is 87.7 Å². The molecule has 5 aromatic carbocycles. The monoisotopic (exact) mass is 887 g/mol. The van der Waals surface area contributed by atoms with Crippen molar-refractivity contribution in [3.8, 4) is 33.6 Å². The molecule has 0 bridgehead atoms. The topological polar surface area (TPSA) is 25.8 Å². The molecule has 0 amide bonds. The fourth-order valence-electron chi connectivity index (χ4n) is 6.58. The predicted octanol–water partition coefficient (Wildman–Crippen LogP) is 12.2. The Kier molecular flexibility index (Phi) is 11.5. The second-order valence-electron chi connectivity index (χ2n) is 14.3. The van der Waals surface area contributed by atoms with Gasteiger partial charge in [0.15, 0.2) is 0 Å². The molecule has 1 radical (unpaired) electrons. The van der Waals surface area contributed by atoms with Gasteiger partial charge in [-0.25, -0.2) is 0 Å². The van der Waals surface area contributed by atoms with Gasteiger partial charge in [-0.15, -0.1) is 59.7 Å². The molecule has 52 heavy (non-hydrogen) atoms. The first kappa shape index (κ1) is 37.2. The Balaban J connectivity index is 0.000000179. The van der Waals surface area contributed by atoms with Crippen molar-refractivity contribution in [2.45, 2.75) is 46.8 Å². The summed E-state index contributed by atoms with van der Waals surface area (Å²) in [6, 6.07) is 49.3. The van der Waals surface area contributed by atoms with Crippen molar-refractivity contribution >= 4 is 44.8 Å². The Labute approximate surface area is 327 Å². The van der Waals surface area contributed by atoms with Gasteiger partial charge in [0.1, 0.15) is 0 Å². The first-order valence-corrected chi connectivity index (χ1v) is 21.8. The van der Waals surface area contributed by atoms with Crippen LogP contribution in [0.1, 0.15) is 27.8 Å². The van der Waals surface area contributed by atoms with Gasteiger partial charge in [0, 0.05) is 42.8 Å². The fourth-order valence-corrected chi connectivity index (χ4v) is 9.31. The summed E-state index contributed by atoms with van der Waals surface area (Å²) in [5.41, 5.74) is 13.1. The maximum Gasteiger partial charge on any atom is 0.0799 e. The van der Waals surface area contributed by atoms with Crippen LogP contribution in [0.5, 0.6) is 0 Å². The second-order valence-corrected chi connectivity index (χ2v) is 20.4. The van der Waals surface area contributed by atoms with E-state index in [0.717, 1.165) is 28.9 Å². The number of fused-ring (bicyclic) bond motifs is 3. The minimum Gasteiger partial charge on any atom is -0.305 e. The minimum atomic E-state index is -1.43. The van der Waals surface area contributed by atoms with E-state index in [1.807, 2.05) is 41.8 Å². The van der Waals surface area contributed by atoms with Crippen molar-refractivity contribution in [3.05, 3.63) is 174 Å². The molecule has 5 heteroatoms. The summed E-state index contributed by atoms with van der Waals surface area (Å²) in [4.78, 5) is 9.48. The van der Waals surface area contributed by atoms with E-state index in [9.17, 15) is 0 Å². The molecule has 0 N–H and O–H groups in total. The summed E-state index contributed by atoms with van der Waals surface area (Å²) in [5.74, 6) is 0. The maximum absolute atomic E-state index is 4.76. The number of pyridine rings is 2. The largest absolute Gasteiger partial charge is 0.305 e. The zero-order valence-corrected chi connectivity index (χ0v) is 34.8. The van der Waals surface area contributed by atoms with E-state index < -0.39 is 8.07 Å². The SMILES string of the molecule is C[Si](C)(C)c1cnc(-c2[c-]cccc2)cc1Cc1ccccc1.Cc1cc2sc3c[c-]c(-c4cc(C)c(-c5ccccc5)cn4)cc3c2cc1C.[Ir]. The average Bonchev–Trinajstić information content (AvgIpc) is 3.49. The van der Waals surface area contributed by atoms with Crippen molar-refractivity contribution in [3.63, 3.8) is 0 Å². The van der Waals surface area contributed by atoms with Gasteiger partial charge >= 0.3 is 0 Å². The molecule has 2 nitrogen and oxygen atoms in total. The van der Waals surface area contributed by atoms with Crippen LogP contribution < -0.4 is 5.19 Å². The maximum atomic E-state index is 4.76. The summed E-state index contributed by atoms with van der Waals surface area (Å²) in [6.07, 6.45) is 5.04. The summed E-state index contributed by atoms with van der Waals surface area (Å²) in [7, 11) is -1.43. The van der Waals surface area contributed by atoms with Crippen LogP contribution in [0, 0.1) is 32.9 Å². The Bertz CT molecular complexity index is 2450. The quantitative estimate of drug-likeness (QED) is 0.123. The molecule has 0 aliphatic heterocycles. The zero-order chi connectivity index (χ0) is 35.5. The van der Waals surface area contributed by atoms with Crippen molar-refractivity contribution in [1.82, 2.24) is 9.97 Å². The molecule has 261 valence electrons. The summed E-state index contributed by atoms with van der Waals surface area (Å²) >= 11 is 1.84. The predicted molar refractivity (Wildman–Crippen MR) is 222 cm³/mol. The van der Waals surface area contributed by atoms with Crippen molar-refractivity contribution < 1.29 is 20.1 Å². The molecule has 0 saturated heterocycles. The van der Waals surface area contributed by atoms with Crippen LogP contribution in [0.3, 0.4) is 0 Å². The molecule has 8 aromatic rings. The standard InChI is InChI=1S/C26H20NS.C21H22NSi.Ir/c1-16-11-21-22-14-20(9-10-25(22)28-26(21)13-17(16)2)24-12-18(3)23(15-27-24)19-7-5-4-6-8-19;1-23(2,3)21-16-22-20(18-12-8-5-9-13-18)15-19(21)14-17-10-6-4-7-11-17;/h4-8,10-15H,1-3H3;4-12,15-16H,14H2,1-3H3;/q2*-1;. The first-order chi connectivity index (χ1) is 24.6. The molecular weight excluding hydrogens is 845 g/mol. The van der Waals surface area contributed by atoms with Crippen LogP contribution in [0.25, 0.3) is 53.8 Å². The normalized spacial score (nSPS) is 11.2. The number of benzene rings is 5. The molecule has 0 fully saturated rings. The van der Waals surface area contributed by atoms with E-state index in [1.54, 1.807) is 0 Å². The van der Waals surface area contributed by atoms with Gasteiger partial charge in [-0.1, -0.05) is 109 Å². The van der Waals surface area contributed by atoms with Gasteiger partial charge in [0.2, 0.25) is 0 Å². The minimum absolute atomic E-state index is 0. The molecule has 0 saturated carbocycles. The molecule has 0 atom stereocenters. The number of rotatable bonds is 6. The number of nitrogens with zero attached hydrogens (tertiary/aromatic N) is 2. The van der Waals surface area contributed by atoms with E-state index in [4.69, 9.17) is 9.97 Å². The molecule has 3 heterocycles. The summed E-state index contributed by atoms with van der Waals surface area (Å²) in [5, 5.41) is 4.07. The number of thiophene rings is 1. The number of hydrogen-bond acceptors (Lipinski definition) is 3. The molecular formula is C47H42IrN2SSi-2. The molecule has 0 spiro atoms. The Morgan fingerprint density at radius 1 is 0.615 bits per heavy atom. The Morgan fingerprint density at radius 2 is 1.27 bits per heavy atom. The van der Waals surface area contributed by atoms with Gasteiger partial charge in [0.05, 0.1) is 8.07 Å². The molecule has 0 aliphatic rings. The zero-order valence-electron chi connectivity index (χ0n) is 30.5. The van der Waals surface area contributed by atoms with Crippen LogP contribution >= 0.6 is 11.3 Å². The number of aryl methyl sites for hydroxylation is 3. The third-order valence-corrected chi connectivity index (χ3v) is 12.7.